The van der Waals surface area contributed by atoms with Crippen molar-refractivity contribution >= 4 is 39.4 Å². The molecule has 0 radical (unpaired) electrons. The maximum absolute atomic E-state index is 14.5. The van der Waals surface area contributed by atoms with Crippen LogP contribution in [0.3, 0.4) is 0 Å². The second-order valence-electron chi connectivity index (χ2n) is 9.17. The zero-order chi connectivity index (χ0) is 21.8. The van der Waals surface area contributed by atoms with E-state index in [1.54, 1.807) is 12.3 Å². The van der Waals surface area contributed by atoms with Crippen LogP contribution in [0.1, 0.15) is 5.56 Å². The summed E-state index contributed by atoms with van der Waals surface area (Å²) < 4.78 is 22.2. The molecule has 0 saturated carbocycles. The Bertz CT molecular complexity index is 1450. The molecule has 0 bridgehead atoms. The van der Waals surface area contributed by atoms with Gasteiger partial charge in [-0.1, -0.05) is 0 Å². The van der Waals surface area contributed by atoms with Crippen molar-refractivity contribution in [3.63, 3.8) is 0 Å². The van der Waals surface area contributed by atoms with Gasteiger partial charge in [-0.25, -0.2) is 0 Å². The number of aryl methyl sites for hydroxylation is 1. The van der Waals surface area contributed by atoms with Crippen LogP contribution < -0.4 is 4.40 Å². The third-order valence-corrected chi connectivity index (χ3v) is 10.0. The van der Waals surface area contributed by atoms with Crippen molar-refractivity contribution < 1.29 is 8.81 Å². The molecule has 2 nitrogen and oxygen atoms in total. The Hall–Kier alpha value is -2.92. The van der Waals surface area contributed by atoms with Crippen LogP contribution in [0.15, 0.2) is 77.3 Å². The zero-order valence-electron chi connectivity index (χ0n) is 18.2. The van der Waals surface area contributed by atoms with Crippen molar-refractivity contribution in [1.29, 1.82) is 0 Å². The summed E-state index contributed by atoms with van der Waals surface area (Å²) >= 11 is -2.15. The number of furan rings is 1. The van der Waals surface area contributed by atoms with E-state index >= 15 is 0 Å². The van der Waals surface area contributed by atoms with Gasteiger partial charge < -0.3 is 0 Å². The Kier molecular flexibility index (Phi) is 4.74. The average Bonchev–Trinajstić information content (AvgIpc) is 3.18. The molecular formula is C27H24FGeNO. The summed E-state index contributed by atoms with van der Waals surface area (Å²) in [6.45, 7) is 1.95. The molecule has 0 spiro atoms. The van der Waals surface area contributed by atoms with Crippen LogP contribution in [-0.4, -0.2) is 18.3 Å². The van der Waals surface area contributed by atoms with Gasteiger partial charge >= 0.3 is 184 Å². The van der Waals surface area contributed by atoms with Crippen molar-refractivity contribution in [3.05, 3.63) is 84.3 Å². The number of aromatic nitrogens is 1. The van der Waals surface area contributed by atoms with Crippen LogP contribution in [0, 0.1) is 12.7 Å². The average molecular weight is 470 g/mol. The maximum atomic E-state index is 14.5. The van der Waals surface area contributed by atoms with Crippen LogP contribution in [0.5, 0.6) is 0 Å². The molecule has 0 aliphatic carbocycles. The van der Waals surface area contributed by atoms with E-state index < -0.39 is 13.3 Å². The van der Waals surface area contributed by atoms with Crippen LogP contribution in [0.25, 0.3) is 44.3 Å². The van der Waals surface area contributed by atoms with Gasteiger partial charge in [0.25, 0.3) is 0 Å². The first-order chi connectivity index (χ1) is 14.8. The second kappa shape index (κ2) is 7.35. The number of nitrogens with zero attached hydrogens (tertiary/aromatic N) is 1. The van der Waals surface area contributed by atoms with Crippen molar-refractivity contribution in [2.75, 3.05) is 0 Å². The summed E-state index contributed by atoms with van der Waals surface area (Å²) in [6, 6.07) is 21.9. The number of benzene rings is 3. The van der Waals surface area contributed by atoms with E-state index in [4.69, 9.17) is 4.42 Å². The third kappa shape index (κ3) is 3.57. The topological polar surface area (TPSA) is 26.0 Å². The number of pyridine rings is 1. The van der Waals surface area contributed by atoms with Gasteiger partial charge in [-0.3, -0.25) is 0 Å². The molecule has 4 heteroatoms. The fourth-order valence-electron chi connectivity index (χ4n) is 4.20. The number of hydrogen-bond acceptors (Lipinski definition) is 2. The first-order valence-corrected chi connectivity index (χ1v) is 17.8. The Morgan fingerprint density at radius 1 is 0.871 bits per heavy atom. The van der Waals surface area contributed by atoms with Crippen LogP contribution >= 0.6 is 0 Å². The summed E-state index contributed by atoms with van der Waals surface area (Å²) in [6.07, 6.45) is 1.80. The van der Waals surface area contributed by atoms with Gasteiger partial charge in [0.15, 0.2) is 0 Å². The molecule has 0 N–H and O–H groups in total. The number of rotatable bonds is 3. The third-order valence-electron chi connectivity index (χ3n) is 5.76. The van der Waals surface area contributed by atoms with Crippen molar-refractivity contribution in [2.45, 2.75) is 24.2 Å². The molecule has 0 amide bonds. The Balaban J connectivity index is 1.76. The summed E-state index contributed by atoms with van der Waals surface area (Å²) in [5, 5.41) is 3.46. The van der Waals surface area contributed by atoms with Gasteiger partial charge in [0.05, 0.1) is 0 Å². The van der Waals surface area contributed by atoms with Gasteiger partial charge in [-0.2, -0.15) is 0 Å². The normalized spacial score (nSPS) is 12.0. The van der Waals surface area contributed by atoms with Gasteiger partial charge in [0.1, 0.15) is 0 Å². The standard InChI is InChI=1S/C27H24FGeNO/c1-17-9-10-23(28)22(13-17)25-16-19-11-12-30-26(27(19)31-25)20-14-18-7-5-6-8-21(18)24(15-20)29(2,3)4/h5-16H,1-4H3. The van der Waals surface area contributed by atoms with Gasteiger partial charge in [0.2, 0.25) is 0 Å². The molecule has 5 rings (SSSR count). The van der Waals surface area contributed by atoms with Crippen molar-refractivity contribution in [3.8, 4) is 22.6 Å². The minimum atomic E-state index is -2.15. The molecule has 31 heavy (non-hydrogen) atoms. The quantitative estimate of drug-likeness (QED) is 0.259. The number of halogens is 1. The predicted molar refractivity (Wildman–Crippen MR) is 130 cm³/mol. The SMILES string of the molecule is Cc1ccc(F)c(-c2cc3ccnc(-c4c[c]([Ge]([CH3])([CH3])[CH3])c5ccccc5c4)c3o2)c1. The molecule has 0 fully saturated rings. The minimum absolute atomic E-state index is 0.284. The van der Waals surface area contributed by atoms with Gasteiger partial charge in [-0.15, -0.1) is 0 Å². The molecular weight excluding hydrogens is 446 g/mol. The van der Waals surface area contributed by atoms with E-state index in [1.807, 2.05) is 25.1 Å². The number of hydrogen-bond donors (Lipinski definition) is 0. The monoisotopic (exact) mass is 471 g/mol. The number of fused-ring (bicyclic) bond motifs is 2. The van der Waals surface area contributed by atoms with E-state index in [0.29, 0.717) is 16.9 Å². The molecule has 3 aromatic carbocycles. The van der Waals surface area contributed by atoms with Crippen LogP contribution in [0.4, 0.5) is 4.39 Å². The second-order valence-corrected chi connectivity index (χ2v) is 19.7. The molecule has 2 heterocycles. The van der Waals surface area contributed by atoms with E-state index in [0.717, 1.165) is 22.2 Å². The molecule has 2 aromatic heterocycles. The van der Waals surface area contributed by atoms with E-state index in [2.05, 4.69) is 58.7 Å². The molecule has 0 saturated heterocycles. The van der Waals surface area contributed by atoms with E-state index in [9.17, 15) is 4.39 Å². The summed E-state index contributed by atoms with van der Waals surface area (Å²) in [5.74, 6) is 7.47. The fourth-order valence-corrected chi connectivity index (χ4v) is 7.61. The van der Waals surface area contributed by atoms with Crippen molar-refractivity contribution in [2.24, 2.45) is 0 Å². The Labute approximate surface area is 184 Å². The van der Waals surface area contributed by atoms with E-state index in [1.165, 1.54) is 21.2 Å². The van der Waals surface area contributed by atoms with Crippen LogP contribution in [-0.2, 0) is 0 Å². The Morgan fingerprint density at radius 3 is 2.48 bits per heavy atom. The summed E-state index contributed by atoms with van der Waals surface area (Å²) in [4.78, 5) is 4.69. The van der Waals surface area contributed by atoms with Gasteiger partial charge in [-0.05, 0) is 0 Å². The van der Waals surface area contributed by atoms with Gasteiger partial charge in [0, 0.05) is 0 Å². The van der Waals surface area contributed by atoms with Crippen LogP contribution in [0.2, 0.25) is 17.3 Å². The summed E-state index contributed by atoms with van der Waals surface area (Å²) in [5.41, 5.74) is 4.01. The molecule has 154 valence electrons. The zero-order valence-corrected chi connectivity index (χ0v) is 20.3. The molecule has 0 aliphatic rings. The van der Waals surface area contributed by atoms with Crippen molar-refractivity contribution in [1.82, 2.24) is 4.98 Å². The molecule has 0 unspecified atom stereocenters. The molecule has 0 aliphatic heterocycles. The molecule has 0 atom stereocenters. The first kappa shape index (κ1) is 20.0. The summed E-state index contributed by atoms with van der Waals surface area (Å²) in [7, 11) is 0. The Morgan fingerprint density at radius 2 is 1.68 bits per heavy atom. The fraction of sp³-hybridized carbons (Fsp3) is 0.148. The van der Waals surface area contributed by atoms with E-state index in [-0.39, 0.29) is 5.82 Å². The molecule has 5 aromatic rings. The first-order valence-electron chi connectivity index (χ1n) is 10.5. The predicted octanol–water partition coefficient (Wildman–Crippen LogP) is 7.31.